The summed E-state index contributed by atoms with van der Waals surface area (Å²) in [6.45, 7) is 4.45. The molecule has 3 N–H and O–H groups in total. The molecule has 192 valence electrons. The van der Waals surface area contributed by atoms with Crippen LogP contribution >= 0.6 is 0 Å². The second kappa shape index (κ2) is 9.68. The third-order valence-electron chi connectivity index (χ3n) is 7.16. The number of benzene rings is 3. The molecule has 0 saturated carbocycles. The van der Waals surface area contributed by atoms with Crippen molar-refractivity contribution in [2.24, 2.45) is 5.73 Å². The summed E-state index contributed by atoms with van der Waals surface area (Å²) in [6.07, 6.45) is 2.18. The van der Waals surface area contributed by atoms with Crippen molar-refractivity contribution in [3.8, 4) is 28.0 Å². The molecule has 0 bridgehead atoms. The quantitative estimate of drug-likeness (QED) is 0.362. The molecule has 5 nitrogen and oxygen atoms in total. The third-order valence-corrected chi connectivity index (χ3v) is 7.16. The van der Waals surface area contributed by atoms with Gasteiger partial charge in [-0.05, 0) is 66.8 Å². The molecule has 1 saturated heterocycles. The number of hydrogen-bond donors (Lipinski definition) is 2. The largest absolute Gasteiger partial charge is 0.504 e. The SMILES string of the molecule is COC1CN(c2c(-c3cc(C)cc(F)c3)cnc3ccc(-c4c(C)c(F)cc(F)c4O)cc23)CCC1N. The van der Waals surface area contributed by atoms with Crippen molar-refractivity contribution in [2.75, 3.05) is 25.1 Å². The normalized spacial score (nSPS) is 18.0. The average Bonchev–Trinajstić information content (AvgIpc) is 2.87. The minimum Gasteiger partial charge on any atom is -0.504 e. The van der Waals surface area contributed by atoms with Gasteiger partial charge in [-0.25, -0.2) is 13.2 Å². The molecule has 5 rings (SSSR count). The zero-order valence-corrected chi connectivity index (χ0v) is 20.9. The molecular weight excluding hydrogens is 479 g/mol. The molecular formula is C29H28F3N3O2. The number of rotatable bonds is 4. The Hall–Kier alpha value is -3.62. The van der Waals surface area contributed by atoms with E-state index < -0.39 is 17.4 Å². The number of aromatic nitrogens is 1. The van der Waals surface area contributed by atoms with E-state index >= 15 is 0 Å². The predicted molar refractivity (Wildman–Crippen MR) is 139 cm³/mol. The zero-order chi connectivity index (χ0) is 26.4. The van der Waals surface area contributed by atoms with Gasteiger partial charge in [0.05, 0.1) is 17.3 Å². The van der Waals surface area contributed by atoms with Gasteiger partial charge in [0.15, 0.2) is 11.6 Å². The Bertz CT molecular complexity index is 1460. The van der Waals surface area contributed by atoms with E-state index in [9.17, 15) is 18.3 Å². The van der Waals surface area contributed by atoms with Crippen molar-refractivity contribution in [2.45, 2.75) is 32.4 Å². The first kappa shape index (κ1) is 25.0. The van der Waals surface area contributed by atoms with Gasteiger partial charge in [-0.2, -0.15) is 0 Å². The van der Waals surface area contributed by atoms with E-state index in [1.807, 2.05) is 13.0 Å². The highest BCUT2D eigenvalue weighted by Crippen LogP contribution is 2.42. The molecule has 0 spiro atoms. The number of pyridine rings is 1. The number of piperidine rings is 1. The van der Waals surface area contributed by atoms with Crippen molar-refractivity contribution in [1.29, 1.82) is 0 Å². The number of hydrogen-bond acceptors (Lipinski definition) is 5. The van der Waals surface area contributed by atoms with E-state index in [-0.39, 0.29) is 29.1 Å². The molecule has 1 aliphatic heterocycles. The Kier molecular flexibility index (Phi) is 6.56. The number of nitrogens with two attached hydrogens (primary N) is 1. The maximum atomic E-state index is 14.4. The highest BCUT2D eigenvalue weighted by atomic mass is 19.1. The summed E-state index contributed by atoms with van der Waals surface area (Å²) < 4.78 is 48.8. The lowest BCUT2D eigenvalue weighted by molar-refractivity contribution is 0.0731. The van der Waals surface area contributed by atoms with Crippen LogP contribution in [0.5, 0.6) is 5.75 Å². The Morgan fingerprint density at radius 2 is 1.81 bits per heavy atom. The van der Waals surface area contributed by atoms with Crippen LogP contribution in [0.4, 0.5) is 18.9 Å². The van der Waals surface area contributed by atoms with Crippen LogP contribution < -0.4 is 10.6 Å². The highest BCUT2D eigenvalue weighted by Gasteiger charge is 2.29. The van der Waals surface area contributed by atoms with Crippen LogP contribution in [0, 0.1) is 31.3 Å². The predicted octanol–water partition coefficient (Wildman–Crippen LogP) is 5.86. The van der Waals surface area contributed by atoms with Gasteiger partial charge in [-0.15, -0.1) is 0 Å². The van der Waals surface area contributed by atoms with Gasteiger partial charge in [0.25, 0.3) is 0 Å². The molecule has 37 heavy (non-hydrogen) atoms. The van der Waals surface area contributed by atoms with Gasteiger partial charge in [-0.1, -0.05) is 12.1 Å². The molecule has 3 aromatic carbocycles. The lowest BCUT2D eigenvalue weighted by Crippen LogP contribution is -2.51. The summed E-state index contributed by atoms with van der Waals surface area (Å²) >= 11 is 0. The number of anilines is 1. The number of ether oxygens (including phenoxy) is 1. The standard InChI is InChI=1S/C29H28F3N3O2/c1-15-8-18(10-19(30)9-15)21-13-34-25-5-4-17(27-16(2)22(31)12-23(32)29(27)36)11-20(25)28(21)35-7-6-24(33)26(14-35)37-3/h4-5,8-13,24,26,36H,6-7,14,33H2,1-3H3. The van der Waals surface area contributed by atoms with Crippen LogP contribution in [0.3, 0.4) is 0 Å². The Morgan fingerprint density at radius 1 is 1.03 bits per heavy atom. The number of aromatic hydroxyl groups is 1. The van der Waals surface area contributed by atoms with Gasteiger partial charge in [0, 0.05) is 55.0 Å². The molecule has 2 atom stereocenters. The highest BCUT2D eigenvalue weighted by molar-refractivity contribution is 6.02. The fourth-order valence-corrected chi connectivity index (χ4v) is 5.22. The number of halogens is 3. The van der Waals surface area contributed by atoms with Crippen LogP contribution in [0.2, 0.25) is 0 Å². The summed E-state index contributed by atoms with van der Waals surface area (Å²) in [7, 11) is 1.62. The van der Waals surface area contributed by atoms with Crippen molar-refractivity contribution in [1.82, 2.24) is 4.98 Å². The van der Waals surface area contributed by atoms with E-state index in [2.05, 4.69) is 9.88 Å². The molecule has 4 aromatic rings. The lowest BCUT2D eigenvalue weighted by Gasteiger charge is -2.38. The van der Waals surface area contributed by atoms with Crippen molar-refractivity contribution in [3.05, 3.63) is 77.2 Å². The fraction of sp³-hybridized carbons (Fsp3) is 0.276. The van der Waals surface area contributed by atoms with Crippen molar-refractivity contribution < 1.29 is 23.0 Å². The minimum atomic E-state index is -1.03. The van der Waals surface area contributed by atoms with Gasteiger partial charge in [-0.3, -0.25) is 4.98 Å². The summed E-state index contributed by atoms with van der Waals surface area (Å²) in [6, 6.07) is 10.6. The monoisotopic (exact) mass is 507 g/mol. The molecule has 2 heterocycles. The molecule has 0 aliphatic carbocycles. The number of aryl methyl sites for hydroxylation is 1. The van der Waals surface area contributed by atoms with Crippen LogP contribution in [-0.2, 0) is 4.74 Å². The van der Waals surface area contributed by atoms with Crippen LogP contribution in [0.15, 0.2) is 48.7 Å². The molecule has 1 fully saturated rings. The van der Waals surface area contributed by atoms with E-state index in [0.29, 0.717) is 53.2 Å². The summed E-state index contributed by atoms with van der Waals surface area (Å²) in [5.74, 6) is -2.76. The summed E-state index contributed by atoms with van der Waals surface area (Å²) in [4.78, 5) is 6.76. The summed E-state index contributed by atoms with van der Waals surface area (Å²) in [5.41, 5.74) is 10.5. The van der Waals surface area contributed by atoms with Gasteiger partial charge in [0.1, 0.15) is 11.6 Å². The van der Waals surface area contributed by atoms with Gasteiger partial charge >= 0.3 is 0 Å². The third kappa shape index (κ3) is 4.51. The van der Waals surface area contributed by atoms with Crippen molar-refractivity contribution >= 4 is 16.6 Å². The van der Waals surface area contributed by atoms with E-state index in [1.165, 1.54) is 19.1 Å². The first-order valence-electron chi connectivity index (χ1n) is 12.1. The van der Waals surface area contributed by atoms with E-state index in [4.69, 9.17) is 10.5 Å². The second-order valence-electron chi connectivity index (χ2n) is 9.63. The minimum absolute atomic E-state index is 0.0767. The van der Waals surface area contributed by atoms with Gasteiger partial charge in [0.2, 0.25) is 0 Å². The Balaban J connectivity index is 1.79. The van der Waals surface area contributed by atoms with Crippen LogP contribution in [0.25, 0.3) is 33.2 Å². The first-order valence-corrected chi connectivity index (χ1v) is 12.1. The molecule has 1 aliphatic rings. The molecule has 1 aromatic heterocycles. The maximum absolute atomic E-state index is 14.4. The number of phenolic OH excluding ortho intramolecular Hbond substituents is 1. The Morgan fingerprint density at radius 3 is 2.54 bits per heavy atom. The summed E-state index contributed by atoms with van der Waals surface area (Å²) in [5, 5.41) is 11.2. The molecule has 0 amide bonds. The van der Waals surface area contributed by atoms with Gasteiger partial charge < -0.3 is 20.5 Å². The fourth-order valence-electron chi connectivity index (χ4n) is 5.22. The Labute approximate surface area is 213 Å². The molecule has 0 radical (unpaired) electrons. The number of methoxy groups -OCH3 is 1. The second-order valence-corrected chi connectivity index (χ2v) is 9.63. The maximum Gasteiger partial charge on any atom is 0.168 e. The van der Waals surface area contributed by atoms with E-state index in [0.717, 1.165) is 11.3 Å². The molecule has 2 unspecified atom stereocenters. The zero-order valence-electron chi connectivity index (χ0n) is 20.9. The lowest BCUT2D eigenvalue weighted by atomic mass is 9.93. The number of nitrogens with zero attached hydrogens (tertiary/aromatic N) is 2. The van der Waals surface area contributed by atoms with E-state index in [1.54, 1.807) is 31.5 Å². The topological polar surface area (TPSA) is 71.6 Å². The number of phenols is 1. The van der Waals surface area contributed by atoms with Crippen LogP contribution in [0.1, 0.15) is 17.5 Å². The number of fused-ring (bicyclic) bond motifs is 1. The van der Waals surface area contributed by atoms with Crippen molar-refractivity contribution in [3.63, 3.8) is 0 Å². The van der Waals surface area contributed by atoms with Crippen LogP contribution in [-0.4, -0.2) is 42.4 Å². The smallest absolute Gasteiger partial charge is 0.168 e. The molecule has 8 heteroatoms. The first-order chi connectivity index (χ1) is 17.7. The average molecular weight is 508 g/mol.